The van der Waals surface area contributed by atoms with E-state index in [1.807, 2.05) is 19.1 Å². The maximum atomic E-state index is 12.0. The maximum absolute atomic E-state index is 12.0. The number of aryl methyl sites for hydroxylation is 1. The van der Waals surface area contributed by atoms with Crippen LogP contribution in [-0.2, 0) is 9.84 Å². The standard InChI is InChI=1S/C11H15NO2S/c1-9-4-2-3-5-11(9)15(13,14)8-10-6-7-12-10/h2-5,10,12H,6-8H2,1H3. The van der Waals surface area contributed by atoms with Crippen molar-refractivity contribution in [3.8, 4) is 0 Å². The number of sulfone groups is 1. The summed E-state index contributed by atoms with van der Waals surface area (Å²) in [7, 11) is -3.11. The van der Waals surface area contributed by atoms with Crippen LogP contribution in [-0.4, -0.2) is 26.8 Å². The summed E-state index contributed by atoms with van der Waals surface area (Å²) in [5.41, 5.74) is 0.830. The highest BCUT2D eigenvalue weighted by Gasteiger charge is 2.25. The SMILES string of the molecule is Cc1ccccc1S(=O)(=O)CC1CCN1. The zero-order chi connectivity index (χ0) is 10.9. The van der Waals surface area contributed by atoms with Crippen LogP contribution in [0.25, 0.3) is 0 Å². The molecule has 1 aliphatic rings. The summed E-state index contributed by atoms with van der Waals surface area (Å²) < 4.78 is 24.0. The predicted molar refractivity (Wildman–Crippen MR) is 59.6 cm³/mol. The van der Waals surface area contributed by atoms with E-state index in [-0.39, 0.29) is 11.8 Å². The molecule has 1 heterocycles. The van der Waals surface area contributed by atoms with Crippen LogP contribution in [0.5, 0.6) is 0 Å². The van der Waals surface area contributed by atoms with Gasteiger partial charge in [0.2, 0.25) is 0 Å². The van der Waals surface area contributed by atoms with Crippen molar-refractivity contribution in [1.82, 2.24) is 5.32 Å². The molecule has 2 rings (SSSR count). The van der Waals surface area contributed by atoms with Crippen LogP contribution in [0, 0.1) is 6.92 Å². The molecule has 1 aliphatic heterocycles. The first-order valence-corrected chi connectivity index (χ1v) is 6.76. The minimum absolute atomic E-state index is 0.148. The van der Waals surface area contributed by atoms with Gasteiger partial charge in [-0.05, 0) is 31.5 Å². The number of hydrogen-bond acceptors (Lipinski definition) is 3. The van der Waals surface area contributed by atoms with E-state index in [1.54, 1.807) is 12.1 Å². The Morgan fingerprint density at radius 3 is 2.60 bits per heavy atom. The fraction of sp³-hybridized carbons (Fsp3) is 0.455. The van der Waals surface area contributed by atoms with E-state index in [2.05, 4.69) is 5.32 Å². The Morgan fingerprint density at radius 1 is 1.40 bits per heavy atom. The smallest absolute Gasteiger partial charge is 0.180 e. The molecule has 0 aromatic heterocycles. The lowest BCUT2D eigenvalue weighted by Gasteiger charge is -2.27. The highest BCUT2D eigenvalue weighted by molar-refractivity contribution is 7.91. The van der Waals surface area contributed by atoms with Crippen molar-refractivity contribution < 1.29 is 8.42 Å². The van der Waals surface area contributed by atoms with Crippen LogP contribution >= 0.6 is 0 Å². The third kappa shape index (κ3) is 2.21. The molecule has 1 aromatic carbocycles. The third-order valence-corrected chi connectivity index (χ3v) is 4.74. The summed E-state index contributed by atoms with van der Waals surface area (Å²) in [5, 5.41) is 3.11. The Kier molecular flexibility index (Phi) is 2.80. The zero-order valence-corrected chi connectivity index (χ0v) is 9.55. The minimum Gasteiger partial charge on any atom is -0.313 e. The number of hydrogen-bond donors (Lipinski definition) is 1. The highest BCUT2D eigenvalue weighted by Crippen LogP contribution is 2.18. The van der Waals surface area contributed by atoms with Crippen LogP contribution in [0.1, 0.15) is 12.0 Å². The molecule has 82 valence electrons. The molecule has 0 radical (unpaired) electrons. The van der Waals surface area contributed by atoms with Gasteiger partial charge in [-0.15, -0.1) is 0 Å². The molecule has 0 aliphatic carbocycles. The normalized spacial score (nSPS) is 21.0. The van der Waals surface area contributed by atoms with Gasteiger partial charge >= 0.3 is 0 Å². The lowest BCUT2D eigenvalue weighted by atomic mass is 10.1. The average Bonchev–Trinajstić information content (AvgIpc) is 2.12. The first kappa shape index (κ1) is 10.6. The molecular formula is C11H15NO2S. The van der Waals surface area contributed by atoms with Crippen LogP contribution in [0.3, 0.4) is 0 Å². The number of nitrogens with one attached hydrogen (secondary N) is 1. The molecule has 0 saturated carbocycles. The molecule has 1 atom stereocenters. The lowest BCUT2D eigenvalue weighted by molar-refractivity contribution is 0.398. The van der Waals surface area contributed by atoms with Gasteiger partial charge in [0.05, 0.1) is 10.6 Å². The second-order valence-electron chi connectivity index (χ2n) is 3.99. The van der Waals surface area contributed by atoms with Gasteiger partial charge in [-0.1, -0.05) is 18.2 Å². The van der Waals surface area contributed by atoms with Gasteiger partial charge in [0.1, 0.15) is 0 Å². The lowest BCUT2D eigenvalue weighted by Crippen LogP contribution is -2.47. The van der Waals surface area contributed by atoms with Crippen molar-refractivity contribution in [1.29, 1.82) is 0 Å². The van der Waals surface area contributed by atoms with Crippen molar-refractivity contribution >= 4 is 9.84 Å². The van der Waals surface area contributed by atoms with E-state index in [0.29, 0.717) is 4.90 Å². The Balaban J connectivity index is 2.24. The van der Waals surface area contributed by atoms with E-state index < -0.39 is 9.84 Å². The Morgan fingerprint density at radius 2 is 2.07 bits per heavy atom. The van der Waals surface area contributed by atoms with Crippen molar-refractivity contribution in [3.63, 3.8) is 0 Å². The van der Waals surface area contributed by atoms with E-state index in [0.717, 1.165) is 18.5 Å². The summed E-state index contributed by atoms with van der Waals surface area (Å²) in [4.78, 5) is 0.471. The quantitative estimate of drug-likeness (QED) is 0.839. The first-order valence-electron chi connectivity index (χ1n) is 5.11. The van der Waals surface area contributed by atoms with E-state index in [1.165, 1.54) is 0 Å². The van der Waals surface area contributed by atoms with Crippen molar-refractivity contribution in [2.45, 2.75) is 24.3 Å². The van der Waals surface area contributed by atoms with Crippen molar-refractivity contribution in [3.05, 3.63) is 29.8 Å². The van der Waals surface area contributed by atoms with Crippen LogP contribution in [0.15, 0.2) is 29.2 Å². The third-order valence-electron chi connectivity index (χ3n) is 2.78. The number of rotatable bonds is 3. The molecule has 0 amide bonds. The maximum Gasteiger partial charge on any atom is 0.180 e. The van der Waals surface area contributed by atoms with Crippen LogP contribution in [0.4, 0.5) is 0 Å². The first-order chi connectivity index (χ1) is 7.09. The monoisotopic (exact) mass is 225 g/mol. The van der Waals surface area contributed by atoms with Gasteiger partial charge in [-0.2, -0.15) is 0 Å². The van der Waals surface area contributed by atoms with Gasteiger partial charge in [0, 0.05) is 6.04 Å². The molecule has 1 unspecified atom stereocenters. The largest absolute Gasteiger partial charge is 0.313 e. The van der Waals surface area contributed by atoms with Crippen molar-refractivity contribution in [2.75, 3.05) is 12.3 Å². The molecule has 1 aromatic rings. The van der Waals surface area contributed by atoms with E-state index >= 15 is 0 Å². The predicted octanol–water partition coefficient (Wildman–Crippen LogP) is 1.13. The fourth-order valence-corrected chi connectivity index (χ4v) is 3.59. The highest BCUT2D eigenvalue weighted by atomic mass is 32.2. The van der Waals surface area contributed by atoms with Crippen molar-refractivity contribution in [2.24, 2.45) is 0 Å². The van der Waals surface area contributed by atoms with Gasteiger partial charge < -0.3 is 5.32 Å². The molecule has 15 heavy (non-hydrogen) atoms. The van der Waals surface area contributed by atoms with E-state index in [9.17, 15) is 8.42 Å². The molecule has 0 spiro atoms. The molecule has 1 saturated heterocycles. The molecule has 1 fully saturated rings. The van der Waals surface area contributed by atoms with Gasteiger partial charge in [0.15, 0.2) is 9.84 Å². The summed E-state index contributed by atoms with van der Waals surface area (Å²) in [6.45, 7) is 2.77. The zero-order valence-electron chi connectivity index (χ0n) is 8.73. The minimum atomic E-state index is -3.11. The van der Waals surface area contributed by atoms with Gasteiger partial charge in [-0.3, -0.25) is 0 Å². The Bertz CT molecular complexity index is 449. The second-order valence-corrected chi connectivity index (χ2v) is 5.99. The van der Waals surface area contributed by atoms with Gasteiger partial charge in [-0.25, -0.2) is 8.42 Å². The Hall–Kier alpha value is -0.870. The van der Waals surface area contributed by atoms with Gasteiger partial charge in [0.25, 0.3) is 0 Å². The summed E-state index contributed by atoms with van der Waals surface area (Å²) in [6.07, 6.45) is 0.963. The van der Waals surface area contributed by atoms with Crippen LogP contribution < -0.4 is 5.32 Å². The number of benzene rings is 1. The topological polar surface area (TPSA) is 46.2 Å². The summed E-state index contributed by atoms with van der Waals surface area (Å²) in [5.74, 6) is 0.220. The Labute approximate surface area is 90.4 Å². The molecule has 1 N–H and O–H groups in total. The molecule has 4 heteroatoms. The summed E-state index contributed by atoms with van der Waals surface area (Å²) in [6, 6.07) is 7.30. The van der Waals surface area contributed by atoms with E-state index in [4.69, 9.17) is 0 Å². The molecule has 3 nitrogen and oxygen atoms in total. The second kappa shape index (κ2) is 3.94. The fourth-order valence-electron chi connectivity index (χ4n) is 1.75. The molecular weight excluding hydrogens is 210 g/mol. The molecule has 0 bridgehead atoms. The van der Waals surface area contributed by atoms with Crippen LogP contribution in [0.2, 0.25) is 0 Å². The average molecular weight is 225 g/mol. The summed E-state index contributed by atoms with van der Waals surface area (Å²) >= 11 is 0.